The summed E-state index contributed by atoms with van der Waals surface area (Å²) < 4.78 is 10.9. The summed E-state index contributed by atoms with van der Waals surface area (Å²) in [4.78, 5) is 27.3. The van der Waals surface area contributed by atoms with Crippen molar-refractivity contribution in [2.75, 3.05) is 26.8 Å². The minimum absolute atomic E-state index is 0.0393. The minimum Gasteiger partial charge on any atom is -0.488 e. The van der Waals surface area contributed by atoms with E-state index in [9.17, 15) is 9.59 Å². The van der Waals surface area contributed by atoms with Crippen molar-refractivity contribution in [3.8, 4) is 5.75 Å². The number of carbonyl (C=O) groups excluding carboxylic acids is 2. The van der Waals surface area contributed by atoms with Crippen LogP contribution in [0.4, 0.5) is 0 Å². The Morgan fingerprint density at radius 2 is 1.75 bits per heavy atom. The maximum atomic E-state index is 13.3. The van der Waals surface area contributed by atoms with Gasteiger partial charge < -0.3 is 19.7 Å². The normalized spacial score (nSPS) is 17.9. The van der Waals surface area contributed by atoms with E-state index in [-0.39, 0.29) is 24.5 Å². The Kier molecular flexibility index (Phi) is 9.79. The van der Waals surface area contributed by atoms with Gasteiger partial charge in [-0.15, -0.1) is 0 Å². The molecule has 2 aromatic carbocycles. The molecule has 1 N–H and O–H groups in total. The Morgan fingerprint density at radius 1 is 1.00 bits per heavy atom. The number of fused-ring (bicyclic) bond motifs is 1. The Hall–Kier alpha value is -2.86. The van der Waals surface area contributed by atoms with Crippen LogP contribution in [-0.4, -0.2) is 55.7 Å². The lowest BCUT2D eigenvalue weighted by molar-refractivity contribution is -0.140. The molecule has 6 nitrogen and oxygen atoms in total. The van der Waals surface area contributed by atoms with Crippen LogP contribution < -0.4 is 10.1 Å². The third-order valence-electron chi connectivity index (χ3n) is 7.58. The Balaban J connectivity index is 1.35. The molecule has 0 spiro atoms. The van der Waals surface area contributed by atoms with Gasteiger partial charge in [-0.1, -0.05) is 55.3 Å². The predicted octanol–water partition coefficient (Wildman–Crippen LogP) is 5.40. The first-order valence-electron chi connectivity index (χ1n) is 13.6. The molecule has 1 aliphatic heterocycles. The summed E-state index contributed by atoms with van der Waals surface area (Å²) in [5.74, 6) is 0.546. The second-order valence-electron chi connectivity index (χ2n) is 10.0. The molecule has 36 heavy (non-hydrogen) atoms. The molecular weight excluding hydrogens is 452 g/mol. The largest absolute Gasteiger partial charge is 0.488 e. The van der Waals surface area contributed by atoms with E-state index >= 15 is 0 Å². The highest BCUT2D eigenvalue weighted by atomic mass is 16.5. The first kappa shape index (κ1) is 26.2. The van der Waals surface area contributed by atoms with Gasteiger partial charge in [-0.2, -0.15) is 0 Å². The Bertz CT molecular complexity index is 1030. The number of unbranched alkanes of at least 4 members (excludes halogenated alkanes) is 2. The number of methoxy groups -OCH3 is 1. The fourth-order valence-corrected chi connectivity index (χ4v) is 5.44. The van der Waals surface area contributed by atoms with E-state index in [1.807, 2.05) is 36.4 Å². The van der Waals surface area contributed by atoms with Crippen LogP contribution in [0.5, 0.6) is 5.75 Å². The van der Waals surface area contributed by atoms with Gasteiger partial charge in [0.15, 0.2) is 0 Å². The molecule has 2 aromatic rings. The zero-order valence-electron chi connectivity index (χ0n) is 21.5. The second kappa shape index (κ2) is 13.4. The topological polar surface area (TPSA) is 67.9 Å². The molecule has 1 saturated heterocycles. The van der Waals surface area contributed by atoms with Crippen molar-refractivity contribution in [3.63, 3.8) is 0 Å². The lowest BCUT2D eigenvalue weighted by Gasteiger charge is -2.36. The van der Waals surface area contributed by atoms with Crippen LogP contribution in [0.15, 0.2) is 54.1 Å². The number of carbonyl (C=O) groups is 2. The summed E-state index contributed by atoms with van der Waals surface area (Å²) in [6.07, 6.45) is 12.0. The molecule has 0 unspecified atom stereocenters. The molecule has 1 amide bonds. The predicted molar refractivity (Wildman–Crippen MR) is 143 cm³/mol. The average Bonchev–Trinajstić information content (AvgIpc) is 3.45. The molecule has 6 heteroatoms. The monoisotopic (exact) mass is 492 g/mol. The zero-order valence-corrected chi connectivity index (χ0v) is 21.5. The number of allylic oxidation sites excluding steroid dienone is 1. The van der Waals surface area contributed by atoms with Crippen LogP contribution >= 0.6 is 0 Å². The molecule has 1 heterocycles. The lowest BCUT2D eigenvalue weighted by Crippen LogP contribution is -2.47. The number of nitrogens with one attached hydrogen (secondary N) is 1. The van der Waals surface area contributed by atoms with Crippen LogP contribution in [0.25, 0.3) is 10.8 Å². The fourth-order valence-electron chi connectivity index (χ4n) is 5.44. The minimum atomic E-state index is -0.194. The standard InChI is InChI=1S/C30H40N2O4/c1-35-29(33)17-4-2-3-11-24(22-36-28-16-9-12-23-10-5-8-15-27(23)28)30(34)31-25-18-20-32(21-19-25)26-13-6-7-14-26/h5,8-12,15-16,25-26H,2-4,6-7,13-14,17-22H2,1H3,(H,31,34)/b24-11+. The lowest BCUT2D eigenvalue weighted by atomic mass is 10.0. The molecule has 0 radical (unpaired) electrons. The van der Waals surface area contributed by atoms with Gasteiger partial charge in [0.25, 0.3) is 5.91 Å². The van der Waals surface area contributed by atoms with Gasteiger partial charge in [-0.3, -0.25) is 9.59 Å². The number of benzene rings is 2. The number of ether oxygens (including phenoxy) is 2. The van der Waals surface area contributed by atoms with Crippen molar-refractivity contribution >= 4 is 22.6 Å². The number of hydrogen-bond donors (Lipinski definition) is 1. The van der Waals surface area contributed by atoms with Gasteiger partial charge in [-0.05, 0) is 56.4 Å². The number of esters is 1. The van der Waals surface area contributed by atoms with E-state index < -0.39 is 0 Å². The Labute approximate surface area is 215 Å². The highest BCUT2D eigenvalue weighted by Crippen LogP contribution is 2.27. The molecule has 0 bridgehead atoms. The first-order chi connectivity index (χ1) is 17.6. The van der Waals surface area contributed by atoms with Gasteiger partial charge in [0, 0.05) is 37.0 Å². The maximum Gasteiger partial charge on any atom is 0.305 e. The van der Waals surface area contributed by atoms with E-state index in [1.54, 1.807) is 0 Å². The van der Waals surface area contributed by atoms with Crippen LogP contribution in [0.3, 0.4) is 0 Å². The van der Waals surface area contributed by atoms with Gasteiger partial charge in [0.2, 0.25) is 0 Å². The van der Waals surface area contributed by atoms with Gasteiger partial charge in [0.05, 0.1) is 12.7 Å². The highest BCUT2D eigenvalue weighted by molar-refractivity contribution is 5.94. The van der Waals surface area contributed by atoms with Crippen LogP contribution in [0.2, 0.25) is 0 Å². The first-order valence-corrected chi connectivity index (χ1v) is 13.6. The summed E-state index contributed by atoms with van der Waals surface area (Å²) in [5.41, 5.74) is 0.652. The molecule has 2 fully saturated rings. The van der Waals surface area contributed by atoms with Crippen LogP contribution in [0, 0.1) is 0 Å². The molecular formula is C30H40N2O4. The third-order valence-corrected chi connectivity index (χ3v) is 7.58. The molecule has 0 atom stereocenters. The van der Waals surface area contributed by atoms with Gasteiger partial charge in [-0.25, -0.2) is 0 Å². The van der Waals surface area contributed by atoms with Gasteiger partial charge >= 0.3 is 5.97 Å². The summed E-state index contributed by atoms with van der Waals surface area (Å²) in [6.45, 7) is 2.35. The molecule has 1 saturated carbocycles. The van der Waals surface area contributed by atoms with Crippen LogP contribution in [-0.2, 0) is 14.3 Å². The van der Waals surface area contributed by atoms with E-state index in [0.717, 1.165) is 67.8 Å². The zero-order chi connectivity index (χ0) is 25.2. The number of nitrogens with zero attached hydrogens (tertiary/aromatic N) is 1. The molecule has 194 valence electrons. The van der Waals surface area contributed by atoms with Crippen molar-refractivity contribution in [2.24, 2.45) is 0 Å². The number of amides is 1. The van der Waals surface area contributed by atoms with Crippen molar-refractivity contribution in [3.05, 3.63) is 54.1 Å². The van der Waals surface area contributed by atoms with Crippen molar-refractivity contribution < 1.29 is 19.1 Å². The Morgan fingerprint density at radius 3 is 2.53 bits per heavy atom. The summed E-state index contributed by atoms with van der Waals surface area (Å²) in [6, 6.07) is 15.1. The van der Waals surface area contributed by atoms with E-state index in [1.165, 1.54) is 32.8 Å². The van der Waals surface area contributed by atoms with Gasteiger partial charge in [0.1, 0.15) is 12.4 Å². The molecule has 4 rings (SSSR count). The number of likely N-dealkylation sites (tertiary alicyclic amines) is 1. The summed E-state index contributed by atoms with van der Waals surface area (Å²) >= 11 is 0. The van der Waals surface area contributed by atoms with Crippen molar-refractivity contribution in [2.45, 2.75) is 76.3 Å². The molecule has 0 aromatic heterocycles. The number of hydrogen-bond acceptors (Lipinski definition) is 5. The quantitative estimate of drug-likeness (QED) is 0.258. The van der Waals surface area contributed by atoms with Crippen LogP contribution in [0.1, 0.15) is 64.2 Å². The average molecular weight is 493 g/mol. The second-order valence-corrected chi connectivity index (χ2v) is 10.0. The van der Waals surface area contributed by atoms with E-state index in [0.29, 0.717) is 12.0 Å². The van der Waals surface area contributed by atoms with E-state index in [2.05, 4.69) is 22.3 Å². The summed E-state index contributed by atoms with van der Waals surface area (Å²) in [7, 11) is 1.41. The van der Waals surface area contributed by atoms with Crippen molar-refractivity contribution in [1.29, 1.82) is 0 Å². The third kappa shape index (κ3) is 7.33. The fraction of sp³-hybridized carbons (Fsp3) is 0.533. The number of piperidine rings is 1. The summed E-state index contributed by atoms with van der Waals surface area (Å²) in [5, 5.41) is 5.44. The maximum absolute atomic E-state index is 13.3. The molecule has 1 aliphatic carbocycles. The highest BCUT2D eigenvalue weighted by Gasteiger charge is 2.28. The SMILES string of the molecule is COC(=O)CCCC/C=C(\COc1cccc2ccccc12)C(=O)NC1CCN(C2CCCC2)CC1. The number of rotatable bonds is 11. The van der Waals surface area contributed by atoms with E-state index in [4.69, 9.17) is 9.47 Å². The molecule has 2 aliphatic rings. The smallest absolute Gasteiger partial charge is 0.305 e. The van der Waals surface area contributed by atoms with Crippen molar-refractivity contribution in [1.82, 2.24) is 10.2 Å².